The smallest absolute Gasteiger partial charge is 0.231 e. The number of methoxy groups -OCH3 is 1. The van der Waals surface area contributed by atoms with Crippen LogP contribution >= 0.6 is 0 Å². The number of hydrogen-bond acceptors (Lipinski definition) is 5. The molecule has 1 fully saturated rings. The molecule has 0 atom stereocenters. The van der Waals surface area contributed by atoms with Crippen molar-refractivity contribution in [3.05, 3.63) is 17.3 Å². The zero-order valence-corrected chi connectivity index (χ0v) is 15.4. The summed E-state index contributed by atoms with van der Waals surface area (Å²) in [6.45, 7) is 11.8. The lowest BCUT2D eigenvalue weighted by atomic mass is 9.89. The minimum atomic E-state index is -0.417. The van der Waals surface area contributed by atoms with E-state index in [4.69, 9.17) is 9.47 Å². The minimum absolute atomic E-state index is 0.0145. The second-order valence-electron chi connectivity index (χ2n) is 6.87. The van der Waals surface area contributed by atoms with E-state index in [9.17, 15) is 4.79 Å². The van der Waals surface area contributed by atoms with Crippen LogP contribution in [0.4, 0.5) is 5.82 Å². The predicted octanol–water partition coefficient (Wildman–Crippen LogP) is 2.61. The summed E-state index contributed by atoms with van der Waals surface area (Å²) < 4.78 is 10.9. The molecule has 0 aliphatic carbocycles. The van der Waals surface area contributed by atoms with E-state index in [1.807, 2.05) is 33.8 Å². The highest BCUT2D eigenvalue weighted by molar-refractivity contribution is 5.94. The van der Waals surface area contributed by atoms with Gasteiger partial charge in [0.15, 0.2) is 0 Å². The fraction of sp³-hybridized carbons (Fsp3) is 0.667. The molecule has 6 nitrogen and oxygen atoms in total. The highest BCUT2D eigenvalue weighted by Gasteiger charge is 2.26. The van der Waals surface area contributed by atoms with Gasteiger partial charge in [-0.15, -0.1) is 0 Å². The van der Waals surface area contributed by atoms with Gasteiger partial charge in [-0.1, -0.05) is 20.8 Å². The Hall–Kier alpha value is -1.66. The number of aryl methyl sites for hydroxylation is 1. The lowest BCUT2D eigenvalue weighted by Gasteiger charge is -2.27. The van der Waals surface area contributed by atoms with Crippen LogP contribution in [0.3, 0.4) is 0 Å². The van der Waals surface area contributed by atoms with Crippen LogP contribution in [0, 0.1) is 12.3 Å². The van der Waals surface area contributed by atoms with Crippen LogP contribution in [0.15, 0.2) is 6.07 Å². The summed E-state index contributed by atoms with van der Waals surface area (Å²) in [5, 5.41) is 2.95. The zero-order valence-electron chi connectivity index (χ0n) is 15.4. The van der Waals surface area contributed by atoms with Crippen molar-refractivity contribution in [2.24, 2.45) is 5.41 Å². The normalized spacial score (nSPS) is 16.0. The van der Waals surface area contributed by atoms with Gasteiger partial charge in [-0.25, -0.2) is 4.98 Å². The third kappa shape index (κ3) is 4.45. The van der Waals surface area contributed by atoms with E-state index in [1.54, 1.807) is 7.11 Å². The van der Waals surface area contributed by atoms with Crippen molar-refractivity contribution in [3.8, 4) is 5.75 Å². The van der Waals surface area contributed by atoms with Gasteiger partial charge in [0.1, 0.15) is 11.6 Å². The lowest BCUT2D eigenvalue weighted by molar-refractivity contribution is -0.124. The molecule has 1 aromatic heterocycles. The molecule has 2 heterocycles. The van der Waals surface area contributed by atoms with Gasteiger partial charge in [0.05, 0.1) is 26.0 Å². The van der Waals surface area contributed by atoms with Gasteiger partial charge in [-0.05, 0) is 19.4 Å². The van der Waals surface area contributed by atoms with E-state index >= 15 is 0 Å². The Morgan fingerprint density at radius 3 is 2.67 bits per heavy atom. The van der Waals surface area contributed by atoms with Crippen molar-refractivity contribution in [1.29, 1.82) is 0 Å². The molecule has 2 rings (SSSR count). The van der Waals surface area contributed by atoms with Gasteiger partial charge < -0.3 is 14.8 Å². The number of morpholine rings is 1. The molecular formula is C18H29N3O3. The number of nitrogens with zero attached hydrogens (tertiary/aromatic N) is 2. The first-order chi connectivity index (χ1) is 11.4. The molecule has 1 aliphatic heterocycles. The monoisotopic (exact) mass is 335 g/mol. The van der Waals surface area contributed by atoms with Crippen molar-refractivity contribution in [2.45, 2.75) is 40.7 Å². The van der Waals surface area contributed by atoms with Crippen LogP contribution in [0.2, 0.25) is 0 Å². The number of carbonyl (C=O) groups is 1. The van der Waals surface area contributed by atoms with Gasteiger partial charge in [0, 0.05) is 30.6 Å². The fourth-order valence-electron chi connectivity index (χ4n) is 2.63. The Morgan fingerprint density at radius 2 is 2.08 bits per heavy atom. The summed E-state index contributed by atoms with van der Waals surface area (Å²) in [5.74, 6) is 1.36. The van der Waals surface area contributed by atoms with Crippen LogP contribution < -0.4 is 10.1 Å². The van der Waals surface area contributed by atoms with E-state index in [1.165, 1.54) is 0 Å². The molecule has 0 aromatic carbocycles. The quantitative estimate of drug-likeness (QED) is 0.866. The first-order valence-electron chi connectivity index (χ1n) is 8.53. The van der Waals surface area contributed by atoms with Crippen LogP contribution in [-0.2, 0) is 16.1 Å². The number of amides is 1. The maximum atomic E-state index is 12.4. The van der Waals surface area contributed by atoms with Crippen molar-refractivity contribution in [2.75, 3.05) is 38.7 Å². The van der Waals surface area contributed by atoms with E-state index in [0.29, 0.717) is 5.82 Å². The van der Waals surface area contributed by atoms with Crippen LogP contribution in [-0.4, -0.2) is 49.2 Å². The first kappa shape index (κ1) is 18.7. The molecule has 0 bridgehead atoms. The zero-order chi connectivity index (χ0) is 17.7. The standard InChI is InChI=1S/C18H29N3O3/c1-6-18(3,4)17(22)20-15-11-14(16(23-5)13(2)19-15)12-21-7-9-24-10-8-21/h11H,6-10,12H2,1-5H3,(H,19,20,22). The predicted molar refractivity (Wildman–Crippen MR) is 94.3 cm³/mol. The third-order valence-electron chi connectivity index (χ3n) is 4.66. The lowest BCUT2D eigenvalue weighted by Crippen LogP contribution is -2.36. The Morgan fingerprint density at radius 1 is 1.42 bits per heavy atom. The molecule has 1 aromatic rings. The third-order valence-corrected chi connectivity index (χ3v) is 4.66. The summed E-state index contributed by atoms with van der Waals surface area (Å²) >= 11 is 0. The molecule has 6 heteroatoms. The average molecular weight is 335 g/mol. The fourth-order valence-corrected chi connectivity index (χ4v) is 2.63. The Balaban J connectivity index is 2.22. The topological polar surface area (TPSA) is 63.7 Å². The molecule has 0 spiro atoms. The summed E-state index contributed by atoms with van der Waals surface area (Å²) in [6, 6.07) is 1.92. The average Bonchev–Trinajstić information content (AvgIpc) is 2.55. The number of hydrogen-bond donors (Lipinski definition) is 1. The van der Waals surface area contributed by atoms with Crippen LogP contribution in [0.25, 0.3) is 0 Å². The summed E-state index contributed by atoms with van der Waals surface area (Å²) in [7, 11) is 1.66. The molecule has 1 saturated heterocycles. The van der Waals surface area contributed by atoms with Gasteiger partial charge in [0.25, 0.3) is 0 Å². The minimum Gasteiger partial charge on any atom is -0.495 e. The SMILES string of the molecule is CCC(C)(C)C(=O)Nc1cc(CN2CCOCC2)c(OC)c(C)n1. The Labute approximate surface area is 144 Å². The Bertz CT molecular complexity index is 581. The van der Waals surface area contributed by atoms with E-state index in [0.717, 1.165) is 56.3 Å². The first-order valence-corrected chi connectivity index (χ1v) is 8.53. The number of anilines is 1. The second kappa shape index (κ2) is 7.94. The molecule has 1 amide bonds. The van der Waals surface area contributed by atoms with E-state index in [2.05, 4.69) is 15.2 Å². The molecule has 1 N–H and O–H groups in total. The number of nitrogens with one attached hydrogen (secondary N) is 1. The number of carbonyl (C=O) groups excluding carboxylic acids is 1. The van der Waals surface area contributed by atoms with Crippen molar-refractivity contribution in [3.63, 3.8) is 0 Å². The van der Waals surface area contributed by atoms with Crippen molar-refractivity contribution >= 4 is 11.7 Å². The maximum absolute atomic E-state index is 12.4. The summed E-state index contributed by atoms with van der Waals surface area (Å²) in [4.78, 5) is 19.2. The van der Waals surface area contributed by atoms with Crippen LogP contribution in [0.5, 0.6) is 5.75 Å². The van der Waals surface area contributed by atoms with Gasteiger partial charge in [0.2, 0.25) is 5.91 Å². The number of ether oxygens (including phenoxy) is 2. The molecule has 0 unspecified atom stereocenters. The van der Waals surface area contributed by atoms with Crippen molar-refractivity contribution < 1.29 is 14.3 Å². The second-order valence-corrected chi connectivity index (χ2v) is 6.87. The largest absolute Gasteiger partial charge is 0.495 e. The summed E-state index contributed by atoms with van der Waals surface area (Å²) in [5.41, 5.74) is 1.41. The molecule has 0 radical (unpaired) electrons. The molecule has 0 saturated carbocycles. The highest BCUT2D eigenvalue weighted by atomic mass is 16.5. The van der Waals surface area contributed by atoms with Crippen molar-refractivity contribution in [1.82, 2.24) is 9.88 Å². The Kier molecular flexibility index (Phi) is 6.18. The van der Waals surface area contributed by atoms with Gasteiger partial charge in [-0.2, -0.15) is 0 Å². The van der Waals surface area contributed by atoms with Gasteiger partial charge >= 0.3 is 0 Å². The highest BCUT2D eigenvalue weighted by Crippen LogP contribution is 2.28. The number of aromatic nitrogens is 1. The van der Waals surface area contributed by atoms with E-state index in [-0.39, 0.29) is 5.91 Å². The molecule has 1 aliphatic rings. The number of pyridine rings is 1. The number of rotatable bonds is 6. The van der Waals surface area contributed by atoms with Gasteiger partial charge in [-0.3, -0.25) is 9.69 Å². The molecular weight excluding hydrogens is 306 g/mol. The summed E-state index contributed by atoms with van der Waals surface area (Å²) in [6.07, 6.45) is 0.772. The van der Waals surface area contributed by atoms with Crippen LogP contribution in [0.1, 0.15) is 38.4 Å². The maximum Gasteiger partial charge on any atom is 0.231 e. The molecule has 134 valence electrons. The van der Waals surface area contributed by atoms with E-state index < -0.39 is 5.41 Å². The molecule has 24 heavy (non-hydrogen) atoms.